The molecule has 3 heterocycles. The number of aliphatic hydroxyl groups is 1. The highest BCUT2D eigenvalue weighted by Crippen LogP contribution is 2.31. The third-order valence-electron chi connectivity index (χ3n) is 6.64. The molecule has 1 saturated heterocycles. The molecule has 3 aromatic rings. The molecule has 0 amide bonds. The Kier molecular flexibility index (Phi) is 5.60. The summed E-state index contributed by atoms with van der Waals surface area (Å²) in [6, 6.07) is 8.85. The van der Waals surface area contributed by atoms with Crippen LogP contribution in [0.5, 0.6) is 5.75 Å². The maximum absolute atomic E-state index is 10.2. The van der Waals surface area contributed by atoms with E-state index >= 15 is 0 Å². The number of pyridine rings is 1. The lowest BCUT2D eigenvalue weighted by Crippen LogP contribution is -2.34. The van der Waals surface area contributed by atoms with Gasteiger partial charge in [0.05, 0.1) is 15.0 Å². The summed E-state index contributed by atoms with van der Waals surface area (Å²) in [5, 5.41) is 14.8. The Hall–Kier alpha value is -3.34. The molecule has 0 bridgehead atoms. The van der Waals surface area contributed by atoms with Gasteiger partial charge < -0.3 is 20.5 Å². The van der Waals surface area contributed by atoms with Crippen LogP contribution in [0.25, 0.3) is 11.1 Å². The summed E-state index contributed by atoms with van der Waals surface area (Å²) in [7, 11) is 2.13. The van der Waals surface area contributed by atoms with Crippen LogP contribution in [0.1, 0.15) is 52.0 Å². The van der Waals surface area contributed by atoms with Crippen molar-refractivity contribution in [2.75, 3.05) is 25.9 Å². The Labute approximate surface area is 203 Å². The average Bonchev–Trinajstić information content (AvgIpc) is 3.34. The summed E-state index contributed by atoms with van der Waals surface area (Å²) >= 11 is 0. The molecule has 3 N–H and O–H groups in total. The molecule has 176 valence electrons. The van der Waals surface area contributed by atoms with Gasteiger partial charge in [-0.1, -0.05) is 24.0 Å². The van der Waals surface area contributed by atoms with Gasteiger partial charge in [-0.05, 0) is 76.0 Å². The molecule has 0 spiro atoms. The number of hydrogen-bond acceptors (Lipinski definition) is 6. The first-order valence-corrected chi connectivity index (χ1v) is 11.7. The molecule has 2 fully saturated rings. The number of piperidine rings is 1. The first kappa shape index (κ1) is 20.1. The van der Waals surface area contributed by atoms with Gasteiger partial charge in [0, 0.05) is 29.1 Å². The number of nitrogen functional groups attached to an aromatic ring is 1. The van der Waals surface area contributed by atoms with E-state index in [0.717, 1.165) is 43.5 Å². The minimum Gasteiger partial charge on any atom is -0.485 e. The molecule has 1 saturated carbocycles. The number of ether oxygens (including phenoxy) is 1. The first-order chi connectivity index (χ1) is 17.2. The molecule has 2 aromatic heterocycles. The van der Waals surface area contributed by atoms with Crippen molar-refractivity contribution in [3.8, 4) is 28.7 Å². The highest BCUT2D eigenvalue weighted by Gasteiger charge is 2.32. The monoisotopic (exact) mass is 459 g/mol. The number of aromatic nitrogens is 3. The lowest BCUT2D eigenvalue weighted by Gasteiger charge is -2.30. The summed E-state index contributed by atoms with van der Waals surface area (Å²) in [4.78, 5) is 6.57. The first-order valence-electron chi connectivity index (χ1n) is 12.7. The van der Waals surface area contributed by atoms with Crippen molar-refractivity contribution in [3.05, 3.63) is 60.0 Å². The van der Waals surface area contributed by atoms with Gasteiger partial charge in [0.15, 0.2) is 11.6 Å². The Morgan fingerprint density at radius 1 is 1.24 bits per heavy atom. The lowest BCUT2D eigenvalue weighted by atomic mass is 9.81. The van der Waals surface area contributed by atoms with Crippen molar-refractivity contribution >= 4 is 5.82 Å². The summed E-state index contributed by atoms with van der Waals surface area (Å²) in [6.45, 7) is -0.0776. The standard InChI is InChI=1S/C27H31N5O2/c1-31-12-7-24(8-13-31)32-18-23(17-30-32)22-15-25(26(28)29-16-22)34-19-21-5-2-4-20(14-21)6-11-27(33)9-3-10-27/h2,4-5,14-18,24,33H,3,7-10,12-13,19H2,1H3,(H2,28,29)/i19D2. The molecule has 1 aliphatic heterocycles. The Balaban J connectivity index is 1.34. The molecule has 0 radical (unpaired) electrons. The van der Waals surface area contributed by atoms with E-state index in [4.69, 9.17) is 13.2 Å². The van der Waals surface area contributed by atoms with Crippen LogP contribution < -0.4 is 10.5 Å². The van der Waals surface area contributed by atoms with Gasteiger partial charge in [-0.15, -0.1) is 0 Å². The van der Waals surface area contributed by atoms with E-state index in [2.05, 4.69) is 33.9 Å². The molecular weight excluding hydrogens is 426 g/mol. The van der Waals surface area contributed by atoms with Crippen LogP contribution in [0.4, 0.5) is 5.82 Å². The van der Waals surface area contributed by atoms with E-state index in [0.29, 0.717) is 30.0 Å². The minimum absolute atomic E-state index is 0.105. The highest BCUT2D eigenvalue weighted by molar-refractivity contribution is 5.65. The minimum atomic E-state index is -2.17. The zero-order valence-electron chi connectivity index (χ0n) is 21.4. The molecule has 5 rings (SSSR count). The van der Waals surface area contributed by atoms with Crippen LogP contribution in [0.15, 0.2) is 48.9 Å². The zero-order valence-corrected chi connectivity index (χ0v) is 19.4. The predicted molar refractivity (Wildman–Crippen MR) is 132 cm³/mol. The highest BCUT2D eigenvalue weighted by atomic mass is 16.5. The van der Waals surface area contributed by atoms with Gasteiger partial charge in [0.25, 0.3) is 0 Å². The second-order valence-corrected chi connectivity index (χ2v) is 9.27. The van der Waals surface area contributed by atoms with Crippen LogP contribution in [-0.2, 0) is 6.56 Å². The molecule has 7 nitrogen and oxygen atoms in total. The maximum atomic E-state index is 10.2. The number of anilines is 1. The fraction of sp³-hybridized carbons (Fsp3) is 0.407. The van der Waals surface area contributed by atoms with E-state index in [1.165, 1.54) is 0 Å². The van der Waals surface area contributed by atoms with Gasteiger partial charge in [-0.25, -0.2) is 4.98 Å². The zero-order chi connectivity index (χ0) is 25.3. The van der Waals surface area contributed by atoms with Gasteiger partial charge in [0.1, 0.15) is 12.2 Å². The fourth-order valence-corrected chi connectivity index (χ4v) is 4.24. The van der Waals surface area contributed by atoms with Gasteiger partial charge in [0.2, 0.25) is 0 Å². The van der Waals surface area contributed by atoms with Crippen molar-refractivity contribution in [2.24, 2.45) is 0 Å². The summed E-state index contributed by atoms with van der Waals surface area (Å²) in [5.41, 5.74) is 7.67. The normalized spacial score (nSPS) is 19.4. The Morgan fingerprint density at radius 3 is 2.82 bits per heavy atom. The van der Waals surface area contributed by atoms with Gasteiger partial charge in [-0.3, -0.25) is 4.68 Å². The smallest absolute Gasteiger partial charge is 0.166 e. The number of nitrogens with two attached hydrogens (primary N) is 1. The molecule has 2 aliphatic rings. The quantitative estimate of drug-likeness (QED) is 0.567. The van der Waals surface area contributed by atoms with Crippen molar-refractivity contribution in [1.82, 2.24) is 19.7 Å². The van der Waals surface area contributed by atoms with Crippen LogP contribution in [0.3, 0.4) is 0 Å². The van der Waals surface area contributed by atoms with E-state index < -0.39 is 12.2 Å². The summed E-state index contributed by atoms with van der Waals surface area (Å²) < 4.78 is 24.9. The van der Waals surface area contributed by atoms with Crippen LogP contribution in [-0.4, -0.2) is 50.5 Å². The molecular formula is C27H31N5O2. The lowest BCUT2D eigenvalue weighted by molar-refractivity contribution is 0.0240. The molecule has 1 aliphatic carbocycles. The second kappa shape index (κ2) is 9.49. The van der Waals surface area contributed by atoms with Crippen LogP contribution in [0.2, 0.25) is 0 Å². The van der Waals surface area contributed by atoms with Crippen molar-refractivity contribution < 1.29 is 12.6 Å². The third-order valence-corrected chi connectivity index (χ3v) is 6.64. The second-order valence-electron chi connectivity index (χ2n) is 9.27. The van der Waals surface area contributed by atoms with E-state index in [-0.39, 0.29) is 11.6 Å². The summed E-state index contributed by atoms with van der Waals surface area (Å²) in [5.74, 6) is 6.13. The van der Waals surface area contributed by atoms with Crippen molar-refractivity contribution in [3.63, 3.8) is 0 Å². The van der Waals surface area contributed by atoms with Crippen molar-refractivity contribution in [2.45, 2.75) is 50.3 Å². The molecule has 0 unspecified atom stereocenters. The third kappa shape index (κ3) is 5.09. The predicted octanol–water partition coefficient (Wildman–Crippen LogP) is 3.64. The SMILES string of the molecule is [2H]C([2H])(Oc1cc(-c2cnn(C3CCN(C)CC3)c2)cnc1N)c1cccc(C#CC2(O)CCC2)c1. The van der Waals surface area contributed by atoms with Crippen LogP contribution in [0, 0.1) is 11.8 Å². The molecule has 0 atom stereocenters. The van der Waals surface area contributed by atoms with Crippen LogP contribution >= 0.6 is 0 Å². The van der Waals surface area contributed by atoms with E-state index in [1.54, 1.807) is 42.7 Å². The van der Waals surface area contributed by atoms with Gasteiger partial charge >= 0.3 is 0 Å². The molecule has 34 heavy (non-hydrogen) atoms. The number of likely N-dealkylation sites (tertiary alicyclic amines) is 1. The maximum Gasteiger partial charge on any atom is 0.166 e. The van der Waals surface area contributed by atoms with E-state index in [1.807, 2.05) is 10.9 Å². The number of hydrogen-bond donors (Lipinski definition) is 2. The molecule has 7 heteroatoms. The summed E-state index contributed by atoms with van der Waals surface area (Å²) in [6.07, 6.45) is 9.85. The number of nitrogens with zero attached hydrogens (tertiary/aromatic N) is 4. The average molecular weight is 460 g/mol. The fourth-order valence-electron chi connectivity index (χ4n) is 4.24. The largest absolute Gasteiger partial charge is 0.485 e. The number of benzene rings is 1. The van der Waals surface area contributed by atoms with E-state index in [9.17, 15) is 5.11 Å². The Morgan fingerprint density at radius 2 is 2.06 bits per heavy atom. The topological polar surface area (TPSA) is 89.4 Å². The van der Waals surface area contributed by atoms with Crippen molar-refractivity contribution in [1.29, 1.82) is 0 Å². The number of rotatable bonds is 5. The molecule has 1 aromatic carbocycles. The van der Waals surface area contributed by atoms with Gasteiger partial charge in [-0.2, -0.15) is 5.10 Å². The Bertz CT molecular complexity index is 1300.